The lowest BCUT2D eigenvalue weighted by Gasteiger charge is -2.09. The van der Waals surface area contributed by atoms with Crippen molar-refractivity contribution in [2.45, 2.75) is 0 Å². The number of nitro groups is 1. The molecule has 2 aromatic heterocycles. The van der Waals surface area contributed by atoms with Crippen molar-refractivity contribution in [3.63, 3.8) is 0 Å². The van der Waals surface area contributed by atoms with E-state index in [0.29, 0.717) is 5.69 Å². The van der Waals surface area contributed by atoms with Gasteiger partial charge in [0.25, 0.3) is 5.69 Å². The third-order valence-corrected chi connectivity index (χ3v) is 4.49. The minimum absolute atomic E-state index is 0.0965. The summed E-state index contributed by atoms with van der Waals surface area (Å²) in [6, 6.07) is 7.98. The summed E-state index contributed by atoms with van der Waals surface area (Å²) in [5, 5.41) is 25.3. The number of halogens is 3. The zero-order valence-electron chi connectivity index (χ0n) is 15.1. The highest BCUT2D eigenvalue weighted by molar-refractivity contribution is 6.37. The van der Waals surface area contributed by atoms with Crippen LogP contribution in [0.25, 0.3) is 11.3 Å². The van der Waals surface area contributed by atoms with Crippen molar-refractivity contribution >= 4 is 63.7 Å². The van der Waals surface area contributed by atoms with Crippen LogP contribution in [0, 0.1) is 15.9 Å². The van der Waals surface area contributed by atoms with Crippen molar-refractivity contribution in [2.75, 3.05) is 10.7 Å². The van der Waals surface area contributed by atoms with Gasteiger partial charge in [-0.15, -0.1) is 0 Å². The molecule has 0 unspecified atom stereocenters. The quantitative estimate of drug-likeness (QED) is 0.239. The second kappa shape index (κ2) is 8.45. The smallest absolute Gasteiger partial charge is 0.288 e. The van der Waals surface area contributed by atoms with E-state index in [1.54, 1.807) is 0 Å². The predicted octanol–water partition coefficient (Wildman–Crippen LogP) is 4.56. The first-order valence-corrected chi connectivity index (χ1v) is 9.11. The van der Waals surface area contributed by atoms with Crippen molar-refractivity contribution in [3.8, 4) is 0 Å². The first-order valence-electron chi connectivity index (χ1n) is 8.36. The van der Waals surface area contributed by atoms with Crippen LogP contribution in [0.15, 0.2) is 46.1 Å². The van der Waals surface area contributed by atoms with Crippen LogP contribution in [0.2, 0.25) is 10.0 Å². The molecule has 4 rings (SSSR count). The molecule has 4 aromatic rings. The van der Waals surface area contributed by atoms with E-state index in [4.69, 9.17) is 23.2 Å². The third kappa shape index (κ3) is 4.49. The summed E-state index contributed by atoms with van der Waals surface area (Å²) < 4.78 is 17.8. The molecule has 0 saturated carbocycles. The Hall–Kier alpha value is -3.90. The van der Waals surface area contributed by atoms with Gasteiger partial charge in [0.2, 0.25) is 11.3 Å². The van der Waals surface area contributed by atoms with Gasteiger partial charge < -0.3 is 5.32 Å². The lowest BCUT2D eigenvalue weighted by Crippen LogP contribution is -2.03. The van der Waals surface area contributed by atoms with Crippen molar-refractivity contribution < 1.29 is 13.9 Å². The van der Waals surface area contributed by atoms with Gasteiger partial charge in [0.1, 0.15) is 10.8 Å². The predicted molar refractivity (Wildman–Crippen MR) is 111 cm³/mol. The number of hydrazone groups is 1. The van der Waals surface area contributed by atoms with Gasteiger partial charge in [-0.3, -0.25) is 15.5 Å². The molecule has 156 valence electrons. The van der Waals surface area contributed by atoms with Crippen LogP contribution in [0.1, 0.15) is 5.56 Å². The van der Waals surface area contributed by atoms with Crippen molar-refractivity contribution in [1.82, 2.24) is 20.3 Å². The molecule has 0 amide bonds. The summed E-state index contributed by atoms with van der Waals surface area (Å²) in [5.74, 6) is -0.0758. The molecule has 2 N–H and O–H groups in total. The normalized spacial score (nSPS) is 11.2. The second-order valence-corrected chi connectivity index (χ2v) is 6.73. The molecule has 0 saturated heterocycles. The minimum Gasteiger partial charge on any atom is -0.337 e. The Morgan fingerprint density at radius 3 is 2.42 bits per heavy atom. The molecule has 14 heteroatoms. The number of fused-ring (bicyclic) bond motifs is 1. The van der Waals surface area contributed by atoms with Gasteiger partial charge in [-0.05, 0) is 40.6 Å². The van der Waals surface area contributed by atoms with Crippen molar-refractivity contribution in [1.29, 1.82) is 0 Å². The standard InChI is InChI=1S/C17H9Cl2FN8O3/c18-11-6-12(19)13(28(29)30)5-8(11)7-21-25-15-14(22-10-3-1-9(20)2-4-10)23-16-17(24-15)27-31-26-16/h1-7H,(H,22,23,26)(H,24,25,27). The number of nitrogens with zero attached hydrogens (tertiary/aromatic N) is 6. The Kier molecular flexibility index (Phi) is 5.56. The van der Waals surface area contributed by atoms with Gasteiger partial charge in [0.15, 0.2) is 11.6 Å². The van der Waals surface area contributed by atoms with E-state index in [1.807, 2.05) is 0 Å². The van der Waals surface area contributed by atoms with E-state index >= 15 is 0 Å². The molecule has 2 heterocycles. The fourth-order valence-electron chi connectivity index (χ4n) is 2.43. The maximum atomic E-state index is 13.2. The van der Waals surface area contributed by atoms with E-state index in [2.05, 4.69) is 40.8 Å². The van der Waals surface area contributed by atoms with Crippen LogP contribution < -0.4 is 10.7 Å². The number of hydrogen-bond donors (Lipinski definition) is 2. The maximum absolute atomic E-state index is 13.2. The number of hydrogen-bond acceptors (Lipinski definition) is 10. The lowest BCUT2D eigenvalue weighted by molar-refractivity contribution is -0.384. The van der Waals surface area contributed by atoms with Gasteiger partial charge >= 0.3 is 0 Å². The molecular weight excluding hydrogens is 454 g/mol. The van der Waals surface area contributed by atoms with Gasteiger partial charge in [-0.2, -0.15) is 10.1 Å². The Labute approximate surface area is 182 Å². The van der Waals surface area contributed by atoms with Crippen LogP contribution in [0.5, 0.6) is 0 Å². The Balaban J connectivity index is 1.64. The number of rotatable bonds is 6. The molecule has 0 spiro atoms. The Morgan fingerprint density at radius 2 is 1.74 bits per heavy atom. The number of nitrogens with one attached hydrogen (secondary N) is 2. The summed E-state index contributed by atoms with van der Waals surface area (Å²) in [6.45, 7) is 0. The van der Waals surface area contributed by atoms with Gasteiger partial charge in [0, 0.05) is 17.3 Å². The number of benzene rings is 2. The average molecular weight is 463 g/mol. The largest absolute Gasteiger partial charge is 0.337 e. The molecule has 11 nitrogen and oxygen atoms in total. The highest BCUT2D eigenvalue weighted by atomic mass is 35.5. The topological polar surface area (TPSA) is 144 Å². The zero-order valence-corrected chi connectivity index (χ0v) is 16.6. The van der Waals surface area contributed by atoms with Crippen LogP contribution >= 0.6 is 23.2 Å². The second-order valence-electron chi connectivity index (χ2n) is 5.92. The van der Waals surface area contributed by atoms with E-state index in [1.165, 1.54) is 42.6 Å². The molecule has 0 radical (unpaired) electrons. The van der Waals surface area contributed by atoms with Gasteiger partial charge in [0.05, 0.1) is 16.2 Å². The molecule has 31 heavy (non-hydrogen) atoms. The highest BCUT2D eigenvalue weighted by Crippen LogP contribution is 2.30. The average Bonchev–Trinajstić information content (AvgIpc) is 3.18. The van der Waals surface area contributed by atoms with Crippen LogP contribution in [-0.4, -0.2) is 31.4 Å². The van der Waals surface area contributed by atoms with E-state index in [0.717, 1.165) is 0 Å². The maximum Gasteiger partial charge on any atom is 0.288 e. The van der Waals surface area contributed by atoms with Crippen molar-refractivity contribution in [3.05, 3.63) is 67.9 Å². The fraction of sp³-hybridized carbons (Fsp3) is 0. The fourth-order valence-corrected chi connectivity index (χ4v) is 2.93. The van der Waals surface area contributed by atoms with E-state index in [-0.39, 0.29) is 44.2 Å². The summed E-state index contributed by atoms with van der Waals surface area (Å²) in [7, 11) is 0. The first kappa shape index (κ1) is 20.4. The van der Waals surface area contributed by atoms with Crippen LogP contribution in [0.4, 0.5) is 27.4 Å². The van der Waals surface area contributed by atoms with Gasteiger partial charge in [-0.25, -0.2) is 14.0 Å². The molecule has 0 bridgehead atoms. The Bertz CT molecular complexity index is 1310. The molecule has 0 fully saturated rings. The summed E-state index contributed by atoms with van der Waals surface area (Å²) in [6.07, 6.45) is 1.25. The molecular formula is C17H9Cl2FN8O3. The minimum atomic E-state index is -0.634. The van der Waals surface area contributed by atoms with Crippen LogP contribution in [0.3, 0.4) is 0 Å². The highest BCUT2D eigenvalue weighted by Gasteiger charge is 2.16. The van der Waals surface area contributed by atoms with Gasteiger partial charge in [-0.1, -0.05) is 23.2 Å². The molecule has 2 aromatic carbocycles. The third-order valence-electron chi connectivity index (χ3n) is 3.86. The number of aromatic nitrogens is 4. The SMILES string of the molecule is O=[N+]([O-])c1cc(C=NNc2nc3nonc3nc2Nc2ccc(F)cc2)c(Cl)cc1Cl. The number of anilines is 3. The first-order chi connectivity index (χ1) is 14.9. The van der Waals surface area contributed by atoms with E-state index < -0.39 is 10.7 Å². The molecule has 0 atom stereocenters. The lowest BCUT2D eigenvalue weighted by atomic mass is 10.2. The monoisotopic (exact) mass is 462 g/mol. The number of nitro benzene ring substituents is 1. The van der Waals surface area contributed by atoms with Crippen molar-refractivity contribution in [2.24, 2.45) is 5.10 Å². The molecule has 0 aliphatic rings. The van der Waals surface area contributed by atoms with E-state index in [9.17, 15) is 14.5 Å². The summed E-state index contributed by atoms with van der Waals surface area (Å²) in [4.78, 5) is 18.9. The van der Waals surface area contributed by atoms with Crippen LogP contribution in [-0.2, 0) is 0 Å². The summed E-state index contributed by atoms with van der Waals surface area (Å²) in [5.41, 5.74) is 3.35. The molecule has 0 aliphatic heterocycles. The Morgan fingerprint density at radius 1 is 1.06 bits per heavy atom. The molecule has 0 aliphatic carbocycles. The summed E-state index contributed by atoms with van der Waals surface area (Å²) >= 11 is 11.9. The zero-order chi connectivity index (χ0) is 22.0.